The molecule has 4 nitrogen and oxygen atoms in total. The molecule has 0 aromatic carbocycles. The molecule has 4 atom stereocenters. The van der Waals surface area contributed by atoms with Crippen molar-refractivity contribution < 1.29 is 9.47 Å². The molecule has 1 heterocycles. The standard InChI is InChI=1S/C14H30N2O2/c1-11-12(2)18-13(3)14(11)10-16(4)8-6-15-7-9-17-5/h11-15H,6-10H2,1-5H3. The average Bonchev–Trinajstić information content (AvgIpc) is 2.56. The monoisotopic (exact) mass is 258 g/mol. The van der Waals surface area contributed by atoms with E-state index in [0.29, 0.717) is 24.0 Å². The second-order valence-electron chi connectivity index (χ2n) is 5.57. The Hall–Kier alpha value is -0.160. The van der Waals surface area contributed by atoms with Gasteiger partial charge in [0.25, 0.3) is 0 Å². The van der Waals surface area contributed by atoms with Crippen LogP contribution in [0.3, 0.4) is 0 Å². The molecule has 4 heteroatoms. The van der Waals surface area contributed by atoms with Crippen LogP contribution in [0.15, 0.2) is 0 Å². The molecule has 0 amide bonds. The Morgan fingerprint density at radius 2 is 1.89 bits per heavy atom. The van der Waals surface area contributed by atoms with Crippen LogP contribution in [0, 0.1) is 11.8 Å². The molecule has 4 unspecified atom stereocenters. The first-order valence-electron chi connectivity index (χ1n) is 7.10. The van der Waals surface area contributed by atoms with E-state index in [1.807, 2.05) is 0 Å². The van der Waals surface area contributed by atoms with Crippen molar-refractivity contribution in [1.29, 1.82) is 0 Å². The van der Waals surface area contributed by atoms with E-state index in [1.54, 1.807) is 7.11 Å². The Morgan fingerprint density at radius 1 is 1.17 bits per heavy atom. The van der Waals surface area contributed by atoms with Crippen LogP contribution in [-0.2, 0) is 9.47 Å². The van der Waals surface area contributed by atoms with Crippen LogP contribution in [0.2, 0.25) is 0 Å². The zero-order valence-corrected chi connectivity index (χ0v) is 12.6. The van der Waals surface area contributed by atoms with Crippen LogP contribution >= 0.6 is 0 Å². The van der Waals surface area contributed by atoms with Crippen molar-refractivity contribution in [3.8, 4) is 0 Å². The van der Waals surface area contributed by atoms with Crippen molar-refractivity contribution >= 4 is 0 Å². The summed E-state index contributed by atoms with van der Waals surface area (Å²) in [5.74, 6) is 1.31. The molecule has 0 spiro atoms. The summed E-state index contributed by atoms with van der Waals surface area (Å²) in [5.41, 5.74) is 0. The minimum atomic E-state index is 0.388. The number of hydrogen-bond acceptors (Lipinski definition) is 4. The van der Waals surface area contributed by atoms with Crippen LogP contribution in [-0.4, -0.2) is 64.1 Å². The van der Waals surface area contributed by atoms with Gasteiger partial charge >= 0.3 is 0 Å². The summed E-state index contributed by atoms with van der Waals surface area (Å²) in [6.07, 6.45) is 0.789. The number of nitrogens with one attached hydrogen (secondary N) is 1. The molecule has 1 saturated heterocycles. The summed E-state index contributed by atoms with van der Waals surface area (Å²) in [5, 5.41) is 3.38. The van der Waals surface area contributed by atoms with Crippen LogP contribution in [0.4, 0.5) is 0 Å². The summed E-state index contributed by atoms with van der Waals surface area (Å²) in [7, 11) is 3.93. The van der Waals surface area contributed by atoms with Gasteiger partial charge in [-0.2, -0.15) is 0 Å². The van der Waals surface area contributed by atoms with Gasteiger partial charge in [0.2, 0.25) is 0 Å². The molecule has 0 saturated carbocycles. The zero-order valence-electron chi connectivity index (χ0n) is 12.6. The Bertz CT molecular complexity index is 226. The fourth-order valence-corrected chi connectivity index (χ4v) is 2.67. The second kappa shape index (κ2) is 8.10. The van der Waals surface area contributed by atoms with E-state index in [-0.39, 0.29) is 0 Å². The first-order chi connectivity index (χ1) is 8.56. The highest BCUT2D eigenvalue weighted by Crippen LogP contribution is 2.32. The van der Waals surface area contributed by atoms with Gasteiger partial charge in [0, 0.05) is 39.2 Å². The summed E-state index contributed by atoms with van der Waals surface area (Å²) in [6, 6.07) is 0. The summed E-state index contributed by atoms with van der Waals surface area (Å²) in [4.78, 5) is 2.40. The van der Waals surface area contributed by atoms with Gasteiger partial charge in [0.05, 0.1) is 18.8 Å². The van der Waals surface area contributed by atoms with Gasteiger partial charge in [0.1, 0.15) is 0 Å². The number of nitrogens with zero attached hydrogens (tertiary/aromatic N) is 1. The molecule has 0 radical (unpaired) electrons. The predicted molar refractivity (Wildman–Crippen MR) is 74.9 cm³/mol. The highest BCUT2D eigenvalue weighted by molar-refractivity contribution is 4.85. The van der Waals surface area contributed by atoms with Crippen molar-refractivity contribution in [2.75, 3.05) is 46.9 Å². The van der Waals surface area contributed by atoms with Gasteiger partial charge in [-0.25, -0.2) is 0 Å². The van der Waals surface area contributed by atoms with E-state index in [4.69, 9.17) is 9.47 Å². The SMILES string of the molecule is COCCNCCN(C)CC1C(C)OC(C)C1C. The lowest BCUT2D eigenvalue weighted by atomic mass is 9.89. The van der Waals surface area contributed by atoms with Crippen LogP contribution < -0.4 is 5.32 Å². The third-order valence-electron chi connectivity index (χ3n) is 4.12. The molecule has 1 rings (SSSR count). The van der Waals surface area contributed by atoms with Crippen molar-refractivity contribution in [1.82, 2.24) is 10.2 Å². The lowest BCUT2D eigenvalue weighted by molar-refractivity contribution is 0.0482. The number of rotatable bonds is 8. The van der Waals surface area contributed by atoms with Gasteiger partial charge < -0.3 is 19.7 Å². The molecular formula is C14H30N2O2. The maximum atomic E-state index is 5.89. The molecule has 1 aliphatic heterocycles. The molecule has 1 N–H and O–H groups in total. The Labute approximate surface area is 112 Å². The average molecular weight is 258 g/mol. The lowest BCUT2D eigenvalue weighted by Gasteiger charge is -2.25. The van der Waals surface area contributed by atoms with E-state index < -0.39 is 0 Å². The molecule has 0 aromatic heterocycles. The number of methoxy groups -OCH3 is 1. The first kappa shape index (κ1) is 15.9. The molecular weight excluding hydrogens is 228 g/mol. The maximum absolute atomic E-state index is 5.89. The van der Waals surface area contributed by atoms with Crippen LogP contribution in [0.5, 0.6) is 0 Å². The van der Waals surface area contributed by atoms with Crippen molar-refractivity contribution in [3.63, 3.8) is 0 Å². The van der Waals surface area contributed by atoms with Gasteiger partial charge in [-0.1, -0.05) is 6.92 Å². The predicted octanol–water partition coefficient (Wildman–Crippen LogP) is 1.21. The van der Waals surface area contributed by atoms with Crippen molar-refractivity contribution in [3.05, 3.63) is 0 Å². The maximum Gasteiger partial charge on any atom is 0.0594 e. The fraction of sp³-hybridized carbons (Fsp3) is 1.00. The molecule has 18 heavy (non-hydrogen) atoms. The third kappa shape index (κ3) is 4.84. The fourth-order valence-electron chi connectivity index (χ4n) is 2.67. The zero-order chi connectivity index (χ0) is 13.5. The van der Waals surface area contributed by atoms with Gasteiger partial charge in [-0.05, 0) is 26.8 Å². The largest absolute Gasteiger partial charge is 0.383 e. The molecule has 1 aliphatic rings. The first-order valence-corrected chi connectivity index (χ1v) is 7.10. The van der Waals surface area contributed by atoms with E-state index in [0.717, 1.165) is 32.8 Å². The number of hydrogen-bond donors (Lipinski definition) is 1. The quantitative estimate of drug-likeness (QED) is 0.664. The molecule has 0 aromatic rings. The Balaban J connectivity index is 2.17. The molecule has 108 valence electrons. The van der Waals surface area contributed by atoms with Gasteiger partial charge in [-0.15, -0.1) is 0 Å². The normalized spacial score (nSPS) is 32.3. The summed E-state index contributed by atoms with van der Waals surface area (Å²) < 4.78 is 10.9. The smallest absolute Gasteiger partial charge is 0.0594 e. The van der Waals surface area contributed by atoms with Crippen LogP contribution in [0.25, 0.3) is 0 Å². The second-order valence-corrected chi connectivity index (χ2v) is 5.57. The molecule has 0 bridgehead atoms. The van der Waals surface area contributed by atoms with Gasteiger partial charge in [0.15, 0.2) is 0 Å². The lowest BCUT2D eigenvalue weighted by Crippen LogP contribution is -2.37. The topological polar surface area (TPSA) is 33.7 Å². The van der Waals surface area contributed by atoms with E-state index in [9.17, 15) is 0 Å². The number of ether oxygens (including phenoxy) is 2. The minimum absolute atomic E-state index is 0.388. The highest BCUT2D eigenvalue weighted by Gasteiger charge is 2.36. The van der Waals surface area contributed by atoms with Crippen molar-refractivity contribution in [2.24, 2.45) is 11.8 Å². The van der Waals surface area contributed by atoms with E-state index in [1.165, 1.54) is 0 Å². The Kier molecular flexibility index (Phi) is 7.15. The number of likely N-dealkylation sites (N-methyl/N-ethyl adjacent to an activating group) is 1. The third-order valence-corrected chi connectivity index (χ3v) is 4.12. The van der Waals surface area contributed by atoms with Gasteiger partial charge in [-0.3, -0.25) is 0 Å². The van der Waals surface area contributed by atoms with Crippen molar-refractivity contribution in [2.45, 2.75) is 33.0 Å². The molecule has 0 aliphatic carbocycles. The van der Waals surface area contributed by atoms with E-state index in [2.05, 4.69) is 38.0 Å². The summed E-state index contributed by atoms with van der Waals surface area (Å²) >= 11 is 0. The van der Waals surface area contributed by atoms with Crippen LogP contribution in [0.1, 0.15) is 20.8 Å². The summed E-state index contributed by atoms with van der Waals surface area (Å²) in [6.45, 7) is 11.6. The Morgan fingerprint density at radius 3 is 2.44 bits per heavy atom. The molecule has 1 fully saturated rings. The minimum Gasteiger partial charge on any atom is -0.383 e. The highest BCUT2D eigenvalue weighted by atomic mass is 16.5. The van der Waals surface area contributed by atoms with E-state index >= 15 is 0 Å².